The molecule has 1 unspecified atom stereocenters. The zero-order chi connectivity index (χ0) is 14.2. The summed E-state index contributed by atoms with van der Waals surface area (Å²) >= 11 is 0. The SMILES string of the molecule is CCCOC(=O)CC(O)(CC(=O)OC)C(=O)OC.N. The fourth-order valence-electron chi connectivity index (χ4n) is 1.21. The molecular weight excluding hydrogens is 258 g/mol. The van der Waals surface area contributed by atoms with Crippen molar-refractivity contribution >= 4 is 17.9 Å². The number of esters is 3. The average molecular weight is 279 g/mol. The van der Waals surface area contributed by atoms with Crippen molar-refractivity contribution in [2.45, 2.75) is 31.8 Å². The van der Waals surface area contributed by atoms with Crippen LogP contribution in [0.2, 0.25) is 0 Å². The van der Waals surface area contributed by atoms with Crippen molar-refractivity contribution in [3.63, 3.8) is 0 Å². The predicted octanol–water partition coefficient (Wildman–Crippen LogP) is -0.0411. The monoisotopic (exact) mass is 279 g/mol. The second-order valence-corrected chi connectivity index (χ2v) is 3.67. The molecular formula is C11H21NO7. The van der Waals surface area contributed by atoms with Crippen molar-refractivity contribution < 1.29 is 33.7 Å². The van der Waals surface area contributed by atoms with E-state index in [0.717, 1.165) is 14.2 Å². The van der Waals surface area contributed by atoms with E-state index in [0.29, 0.717) is 6.42 Å². The van der Waals surface area contributed by atoms with Crippen molar-refractivity contribution in [3.8, 4) is 0 Å². The summed E-state index contributed by atoms with van der Waals surface area (Å²) in [5.74, 6) is -2.69. The van der Waals surface area contributed by atoms with Gasteiger partial charge >= 0.3 is 17.9 Å². The van der Waals surface area contributed by atoms with Gasteiger partial charge in [0.05, 0.1) is 33.7 Å². The molecule has 0 aliphatic heterocycles. The normalized spacial score (nSPS) is 12.6. The van der Waals surface area contributed by atoms with Crippen LogP contribution in [0, 0.1) is 0 Å². The van der Waals surface area contributed by atoms with E-state index >= 15 is 0 Å². The molecule has 19 heavy (non-hydrogen) atoms. The van der Waals surface area contributed by atoms with E-state index in [2.05, 4.69) is 9.47 Å². The van der Waals surface area contributed by atoms with Gasteiger partial charge in [-0.25, -0.2) is 4.79 Å². The molecule has 0 fully saturated rings. The molecule has 0 aromatic heterocycles. The smallest absolute Gasteiger partial charge is 0.339 e. The summed E-state index contributed by atoms with van der Waals surface area (Å²) in [6.45, 7) is 1.97. The average Bonchev–Trinajstić information content (AvgIpc) is 2.34. The summed E-state index contributed by atoms with van der Waals surface area (Å²) in [5.41, 5.74) is -2.26. The maximum absolute atomic E-state index is 11.4. The van der Waals surface area contributed by atoms with Gasteiger partial charge in [-0.3, -0.25) is 9.59 Å². The molecule has 0 heterocycles. The third-order valence-electron chi connectivity index (χ3n) is 2.13. The lowest BCUT2D eigenvalue weighted by Gasteiger charge is -2.22. The molecule has 4 N–H and O–H groups in total. The van der Waals surface area contributed by atoms with Crippen LogP contribution in [-0.4, -0.2) is 49.4 Å². The minimum atomic E-state index is -2.26. The molecule has 0 amide bonds. The summed E-state index contributed by atoms with van der Waals surface area (Å²) in [7, 11) is 2.15. The van der Waals surface area contributed by atoms with Crippen molar-refractivity contribution in [1.82, 2.24) is 6.15 Å². The van der Waals surface area contributed by atoms with E-state index in [1.165, 1.54) is 0 Å². The van der Waals surface area contributed by atoms with Crippen LogP contribution in [0.3, 0.4) is 0 Å². The minimum absolute atomic E-state index is 0. The van der Waals surface area contributed by atoms with Gasteiger partial charge in [0.25, 0.3) is 0 Å². The van der Waals surface area contributed by atoms with E-state index in [1.807, 2.05) is 0 Å². The number of methoxy groups -OCH3 is 2. The summed E-state index contributed by atoms with van der Waals surface area (Å²) in [6.07, 6.45) is -0.717. The second kappa shape index (κ2) is 9.29. The van der Waals surface area contributed by atoms with Crippen molar-refractivity contribution in [3.05, 3.63) is 0 Å². The van der Waals surface area contributed by atoms with Crippen LogP contribution >= 0.6 is 0 Å². The number of hydrogen-bond donors (Lipinski definition) is 2. The quantitative estimate of drug-likeness (QED) is 0.489. The van der Waals surface area contributed by atoms with Gasteiger partial charge in [-0.2, -0.15) is 0 Å². The van der Waals surface area contributed by atoms with Crippen molar-refractivity contribution in [2.24, 2.45) is 0 Å². The Labute approximate surface area is 111 Å². The highest BCUT2D eigenvalue weighted by Crippen LogP contribution is 2.19. The van der Waals surface area contributed by atoms with E-state index in [9.17, 15) is 19.5 Å². The zero-order valence-corrected chi connectivity index (χ0v) is 11.4. The van der Waals surface area contributed by atoms with Gasteiger partial charge in [0, 0.05) is 0 Å². The third kappa shape index (κ3) is 6.73. The van der Waals surface area contributed by atoms with E-state index in [4.69, 9.17) is 4.74 Å². The molecule has 8 heteroatoms. The maximum atomic E-state index is 11.4. The molecule has 0 aromatic carbocycles. The molecule has 0 aromatic rings. The van der Waals surface area contributed by atoms with Crippen LogP contribution in [0.5, 0.6) is 0 Å². The molecule has 0 aliphatic carbocycles. The Kier molecular flexibility index (Phi) is 9.61. The molecule has 0 spiro atoms. The van der Waals surface area contributed by atoms with Gasteiger partial charge < -0.3 is 25.5 Å². The minimum Gasteiger partial charge on any atom is -0.469 e. The van der Waals surface area contributed by atoms with Gasteiger partial charge in [-0.05, 0) is 6.42 Å². The summed E-state index contributed by atoms with van der Waals surface area (Å²) in [6, 6.07) is 0. The Morgan fingerprint density at radius 2 is 1.58 bits per heavy atom. The third-order valence-corrected chi connectivity index (χ3v) is 2.13. The fraction of sp³-hybridized carbons (Fsp3) is 0.727. The molecule has 0 radical (unpaired) electrons. The van der Waals surface area contributed by atoms with Crippen LogP contribution in [-0.2, 0) is 28.6 Å². The van der Waals surface area contributed by atoms with Gasteiger partial charge in [0.2, 0.25) is 0 Å². The summed E-state index contributed by atoms with van der Waals surface area (Å²) < 4.78 is 13.4. The lowest BCUT2D eigenvalue weighted by Crippen LogP contribution is -2.44. The Morgan fingerprint density at radius 1 is 1.05 bits per heavy atom. The standard InChI is InChI=1S/C11H18O7.H3N/c1-4-5-18-9(13)7-11(15,10(14)17-3)6-8(12)16-2;/h15H,4-7H2,1-3H3;1H3. The Morgan fingerprint density at radius 3 is 2.00 bits per heavy atom. The first-order valence-corrected chi connectivity index (χ1v) is 5.42. The molecule has 0 rings (SSSR count). The first-order valence-electron chi connectivity index (χ1n) is 5.42. The Balaban J connectivity index is 0. The molecule has 0 saturated heterocycles. The Hall–Kier alpha value is -1.67. The summed E-state index contributed by atoms with van der Waals surface area (Å²) in [4.78, 5) is 33.9. The second-order valence-electron chi connectivity index (χ2n) is 3.67. The largest absolute Gasteiger partial charge is 0.469 e. The molecule has 0 bridgehead atoms. The molecule has 8 nitrogen and oxygen atoms in total. The number of carbonyl (C=O) groups is 3. The van der Waals surface area contributed by atoms with Gasteiger partial charge in [-0.1, -0.05) is 6.92 Å². The number of ether oxygens (including phenoxy) is 3. The highest BCUT2D eigenvalue weighted by atomic mass is 16.6. The molecule has 0 aliphatic rings. The van der Waals surface area contributed by atoms with E-state index in [-0.39, 0.29) is 12.8 Å². The van der Waals surface area contributed by atoms with Crippen LogP contribution in [0.4, 0.5) is 0 Å². The lowest BCUT2D eigenvalue weighted by atomic mass is 9.96. The van der Waals surface area contributed by atoms with Crippen LogP contribution < -0.4 is 6.15 Å². The van der Waals surface area contributed by atoms with Gasteiger partial charge in [0.15, 0.2) is 5.60 Å². The van der Waals surface area contributed by atoms with Crippen molar-refractivity contribution in [1.29, 1.82) is 0 Å². The number of hydrogen-bond acceptors (Lipinski definition) is 8. The first-order chi connectivity index (χ1) is 8.39. The zero-order valence-electron chi connectivity index (χ0n) is 11.4. The fourth-order valence-corrected chi connectivity index (χ4v) is 1.21. The van der Waals surface area contributed by atoms with Gasteiger partial charge in [-0.15, -0.1) is 0 Å². The number of rotatable bonds is 7. The number of carbonyl (C=O) groups excluding carboxylic acids is 3. The Bertz CT molecular complexity index is 318. The van der Waals surface area contributed by atoms with Crippen molar-refractivity contribution in [2.75, 3.05) is 20.8 Å². The van der Waals surface area contributed by atoms with Crippen LogP contribution in [0.25, 0.3) is 0 Å². The molecule has 0 saturated carbocycles. The summed E-state index contributed by atoms with van der Waals surface area (Å²) in [5, 5.41) is 9.97. The van der Waals surface area contributed by atoms with Crippen LogP contribution in [0.15, 0.2) is 0 Å². The first kappa shape index (κ1) is 19.7. The molecule has 1 atom stereocenters. The maximum Gasteiger partial charge on any atom is 0.339 e. The number of aliphatic hydroxyl groups is 1. The molecule has 112 valence electrons. The van der Waals surface area contributed by atoms with Gasteiger partial charge in [0.1, 0.15) is 0 Å². The predicted molar refractivity (Wildman–Crippen MR) is 64.5 cm³/mol. The van der Waals surface area contributed by atoms with E-state index in [1.54, 1.807) is 6.92 Å². The highest BCUT2D eigenvalue weighted by Gasteiger charge is 2.42. The lowest BCUT2D eigenvalue weighted by molar-refractivity contribution is -0.175. The topological polar surface area (TPSA) is 134 Å². The highest BCUT2D eigenvalue weighted by molar-refractivity contribution is 5.89. The van der Waals surface area contributed by atoms with Crippen LogP contribution in [0.1, 0.15) is 26.2 Å². The van der Waals surface area contributed by atoms with E-state index < -0.39 is 36.4 Å².